The molecule has 0 saturated heterocycles. The van der Waals surface area contributed by atoms with E-state index in [0.29, 0.717) is 35.4 Å². The second-order valence-electron chi connectivity index (χ2n) is 5.66. The van der Waals surface area contributed by atoms with Gasteiger partial charge < -0.3 is 14.5 Å². The Bertz CT molecular complexity index is 685. The van der Waals surface area contributed by atoms with Gasteiger partial charge in [-0.05, 0) is 46.5 Å². The number of methoxy groups -OCH3 is 1. The van der Waals surface area contributed by atoms with Crippen LogP contribution in [0.15, 0.2) is 27.1 Å². The first kappa shape index (κ1) is 17.5. The molecule has 1 aromatic heterocycles. The summed E-state index contributed by atoms with van der Waals surface area (Å²) < 4.78 is 11.4. The molecular weight excluding hydrogens is 362 g/mol. The van der Waals surface area contributed by atoms with E-state index in [1.54, 1.807) is 32.2 Å². The Morgan fingerprint density at radius 1 is 1.39 bits per heavy atom. The van der Waals surface area contributed by atoms with E-state index in [2.05, 4.69) is 45.3 Å². The van der Waals surface area contributed by atoms with Gasteiger partial charge in [0, 0.05) is 12.5 Å². The van der Waals surface area contributed by atoms with Gasteiger partial charge in [0.25, 0.3) is 5.91 Å². The van der Waals surface area contributed by atoms with Gasteiger partial charge in [-0.1, -0.05) is 13.8 Å². The molecule has 0 aliphatic heterocycles. The highest BCUT2D eigenvalue weighted by Crippen LogP contribution is 2.26. The molecule has 1 N–H and O–H groups in total. The van der Waals surface area contributed by atoms with Gasteiger partial charge in [-0.15, -0.1) is 10.2 Å². The number of benzene rings is 1. The molecule has 2 rings (SSSR count). The van der Waals surface area contributed by atoms with Crippen molar-refractivity contribution in [3.63, 3.8) is 0 Å². The number of amides is 1. The quantitative estimate of drug-likeness (QED) is 0.825. The Hall–Kier alpha value is -1.89. The zero-order valence-corrected chi connectivity index (χ0v) is 15.2. The summed E-state index contributed by atoms with van der Waals surface area (Å²) in [5.41, 5.74) is 0.530. The normalized spacial score (nSPS) is 12.3. The molecule has 0 fully saturated rings. The summed E-state index contributed by atoms with van der Waals surface area (Å²) in [6.45, 7) is 5.88. The van der Waals surface area contributed by atoms with Gasteiger partial charge >= 0.3 is 0 Å². The lowest BCUT2D eigenvalue weighted by atomic mass is 10.0. The van der Waals surface area contributed by atoms with Crippen LogP contribution in [0.4, 0.5) is 0 Å². The second kappa shape index (κ2) is 7.59. The predicted molar refractivity (Wildman–Crippen MR) is 89.4 cm³/mol. The molecule has 1 aromatic carbocycles. The van der Waals surface area contributed by atoms with E-state index in [-0.39, 0.29) is 11.9 Å². The molecule has 0 saturated carbocycles. The largest absolute Gasteiger partial charge is 0.496 e. The SMILES string of the molecule is COc1ccc(C(=O)NC(CC(C)C)c2nnc(C)o2)cc1Br. The second-order valence-corrected chi connectivity index (χ2v) is 6.52. The summed E-state index contributed by atoms with van der Waals surface area (Å²) in [6, 6.07) is 4.86. The van der Waals surface area contributed by atoms with E-state index in [1.165, 1.54) is 0 Å². The minimum absolute atomic E-state index is 0.199. The highest BCUT2D eigenvalue weighted by Gasteiger charge is 2.22. The minimum atomic E-state index is -0.315. The van der Waals surface area contributed by atoms with Crippen LogP contribution in [0.2, 0.25) is 0 Å². The van der Waals surface area contributed by atoms with Gasteiger partial charge in [-0.25, -0.2) is 0 Å². The number of halogens is 1. The van der Waals surface area contributed by atoms with Crippen molar-refractivity contribution in [2.24, 2.45) is 5.92 Å². The number of ether oxygens (including phenoxy) is 1. The zero-order chi connectivity index (χ0) is 17.0. The molecule has 0 aliphatic rings. The van der Waals surface area contributed by atoms with Crippen LogP contribution in [0, 0.1) is 12.8 Å². The molecule has 7 heteroatoms. The molecule has 0 radical (unpaired) electrons. The molecule has 1 atom stereocenters. The maximum absolute atomic E-state index is 12.5. The summed E-state index contributed by atoms with van der Waals surface area (Å²) in [5.74, 6) is 1.75. The lowest BCUT2D eigenvalue weighted by Crippen LogP contribution is -2.29. The van der Waals surface area contributed by atoms with Crippen molar-refractivity contribution in [2.45, 2.75) is 33.2 Å². The predicted octanol–water partition coefficient (Wildman–Crippen LogP) is 3.67. The average molecular weight is 382 g/mol. The maximum Gasteiger partial charge on any atom is 0.251 e. The number of hydrogen-bond donors (Lipinski definition) is 1. The number of aryl methyl sites for hydroxylation is 1. The van der Waals surface area contributed by atoms with Crippen LogP contribution in [0.5, 0.6) is 5.75 Å². The molecule has 0 bridgehead atoms. The Kier molecular flexibility index (Phi) is 5.76. The van der Waals surface area contributed by atoms with Crippen molar-refractivity contribution in [1.82, 2.24) is 15.5 Å². The molecule has 23 heavy (non-hydrogen) atoms. The zero-order valence-electron chi connectivity index (χ0n) is 13.6. The van der Waals surface area contributed by atoms with Crippen LogP contribution >= 0.6 is 15.9 Å². The Morgan fingerprint density at radius 3 is 2.65 bits per heavy atom. The van der Waals surface area contributed by atoms with Crippen molar-refractivity contribution in [1.29, 1.82) is 0 Å². The number of nitrogens with zero attached hydrogens (tertiary/aromatic N) is 2. The van der Waals surface area contributed by atoms with Crippen LogP contribution in [0.25, 0.3) is 0 Å². The molecule has 1 heterocycles. The number of rotatable bonds is 6. The van der Waals surface area contributed by atoms with E-state index in [9.17, 15) is 4.79 Å². The Labute approximate surface area is 143 Å². The third kappa shape index (κ3) is 4.54. The highest BCUT2D eigenvalue weighted by atomic mass is 79.9. The van der Waals surface area contributed by atoms with Crippen LogP contribution < -0.4 is 10.1 Å². The van der Waals surface area contributed by atoms with Crippen molar-refractivity contribution >= 4 is 21.8 Å². The molecule has 6 nitrogen and oxygen atoms in total. The summed E-state index contributed by atoms with van der Waals surface area (Å²) in [6.07, 6.45) is 0.713. The van der Waals surface area contributed by atoms with Gasteiger partial charge in [-0.2, -0.15) is 0 Å². The molecule has 2 aromatic rings. The van der Waals surface area contributed by atoms with Crippen molar-refractivity contribution in [2.75, 3.05) is 7.11 Å². The Balaban J connectivity index is 2.18. The smallest absolute Gasteiger partial charge is 0.251 e. The van der Waals surface area contributed by atoms with Crippen LogP contribution in [0.1, 0.15) is 48.4 Å². The van der Waals surface area contributed by atoms with Gasteiger partial charge in [0.15, 0.2) is 0 Å². The summed E-state index contributed by atoms with van der Waals surface area (Å²) >= 11 is 3.38. The summed E-state index contributed by atoms with van der Waals surface area (Å²) in [5, 5.41) is 10.8. The van der Waals surface area contributed by atoms with E-state index in [0.717, 1.165) is 4.47 Å². The monoisotopic (exact) mass is 381 g/mol. The summed E-state index contributed by atoms with van der Waals surface area (Å²) in [7, 11) is 1.58. The number of carbonyl (C=O) groups excluding carboxylic acids is 1. The van der Waals surface area contributed by atoms with Gasteiger partial charge in [0.2, 0.25) is 11.8 Å². The maximum atomic E-state index is 12.5. The summed E-state index contributed by atoms with van der Waals surface area (Å²) in [4.78, 5) is 12.5. The average Bonchev–Trinajstić information content (AvgIpc) is 2.92. The van der Waals surface area contributed by atoms with E-state index in [4.69, 9.17) is 9.15 Å². The van der Waals surface area contributed by atoms with E-state index >= 15 is 0 Å². The number of carbonyl (C=O) groups is 1. The lowest BCUT2D eigenvalue weighted by molar-refractivity contribution is 0.0924. The van der Waals surface area contributed by atoms with Crippen LogP contribution in [-0.2, 0) is 0 Å². The van der Waals surface area contributed by atoms with Crippen molar-refractivity contribution < 1.29 is 13.9 Å². The van der Waals surface area contributed by atoms with Crippen LogP contribution in [-0.4, -0.2) is 23.2 Å². The first-order chi connectivity index (χ1) is 10.9. The molecular formula is C16H20BrN3O3. The van der Waals surface area contributed by atoms with Crippen molar-refractivity contribution in [3.05, 3.63) is 40.0 Å². The third-order valence-corrected chi connectivity index (χ3v) is 3.89. The third-order valence-electron chi connectivity index (χ3n) is 3.27. The van der Waals surface area contributed by atoms with E-state index < -0.39 is 0 Å². The fourth-order valence-corrected chi connectivity index (χ4v) is 2.74. The lowest BCUT2D eigenvalue weighted by Gasteiger charge is -2.17. The molecule has 1 unspecified atom stereocenters. The minimum Gasteiger partial charge on any atom is -0.496 e. The fourth-order valence-electron chi connectivity index (χ4n) is 2.19. The first-order valence-corrected chi connectivity index (χ1v) is 8.14. The first-order valence-electron chi connectivity index (χ1n) is 7.35. The molecule has 0 spiro atoms. The number of nitrogens with one attached hydrogen (secondary N) is 1. The van der Waals surface area contributed by atoms with Gasteiger partial charge in [-0.3, -0.25) is 4.79 Å². The van der Waals surface area contributed by atoms with Gasteiger partial charge in [0.1, 0.15) is 11.8 Å². The Morgan fingerprint density at radius 2 is 2.13 bits per heavy atom. The molecule has 124 valence electrons. The highest BCUT2D eigenvalue weighted by molar-refractivity contribution is 9.10. The fraction of sp³-hybridized carbons (Fsp3) is 0.438. The van der Waals surface area contributed by atoms with Crippen molar-refractivity contribution in [3.8, 4) is 5.75 Å². The topological polar surface area (TPSA) is 77.2 Å². The standard InChI is InChI=1S/C16H20BrN3O3/c1-9(2)7-13(16-20-19-10(3)23-16)18-15(21)11-5-6-14(22-4)12(17)8-11/h5-6,8-9,13H,7H2,1-4H3,(H,18,21). The number of aromatic nitrogens is 2. The number of hydrogen-bond acceptors (Lipinski definition) is 5. The molecule has 0 aliphatic carbocycles. The van der Waals surface area contributed by atoms with Crippen LogP contribution in [0.3, 0.4) is 0 Å². The van der Waals surface area contributed by atoms with Gasteiger partial charge in [0.05, 0.1) is 11.6 Å². The molecule has 1 amide bonds. The van der Waals surface area contributed by atoms with E-state index in [1.807, 2.05) is 0 Å².